The van der Waals surface area contributed by atoms with Gasteiger partial charge in [-0.1, -0.05) is 28.8 Å². The summed E-state index contributed by atoms with van der Waals surface area (Å²) in [6.45, 7) is 3.68. The molecule has 1 amide bonds. The van der Waals surface area contributed by atoms with E-state index in [1.54, 1.807) is 0 Å². The molecule has 1 aliphatic carbocycles. The summed E-state index contributed by atoms with van der Waals surface area (Å²) in [4.78, 5) is 13.1. The number of benzene rings is 1. The summed E-state index contributed by atoms with van der Waals surface area (Å²) in [5, 5.41) is 3.69. The minimum Gasteiger partial charge on any atom is -0.325 e. The van der Waals surface area contributed by atoms with E-state index in [0.29, 0.717) is 0 Å². The van der Waals surface area contributed by atoms with Crippen LogP contribution < -0.4 is 5.32 Å². The van der Waals surface area contributed by atoms with E-state index in [9.17, 15) is 4.79 Å². The summed E-state index contributed by atoms with van der Waals surface area (Å²) in [5.41, 5.74) is 0.855. The third-order valence-electron chi connectivity index (χ3n) is 3.26. The summed E-state index contributed by atoms with van der Waals surface area (Å²) >= 11 is 5.32. The molecule has 0 aromatic heterocycles. The molecule has 0 saturated heterocycles. The van der Waals surface area contributed by atoms with Crippen molar-refractivity contribution in [2.24, 2.45) is 0 Å². The number of anilines is 1. The van der Waals surface area contributed by atoms with Crippen molar-refractivity contribution in [3.8, 4) is 0 Å². The van der Waals surface area contributed by atoms with Gasteiger partial charge in [0.2, 0.25) is 5.91 Å². The number of alkyl halides is 1. The summed E-state index contributed by atoms with van der Waals surface area (Å²) < 4.78 is -0.537. The molecule has 0 radical (unpaired) electrons. The van der Waals surface area contributed by atoms with Crippen molar-refractivity contribution in [1.29, 1.82) is 0 Å². The number of rotatable bonds is 4. The Labute approximate surface area is 127 Å². The van der Waals surface area contributed by atoms with Gasteiger partial charge >= 0.3 is 0 Å². The van der Waals surface area contributed by atoms with Crippen molar-refractivity contribution in [3.63, 3.8) is 0 Å². The van der Waals surface area contributed by atoms with Crippen LogP contribution in [-0.2, 0) is 4.79 Å². The fraction of sp³-hybridized carbons (Fsp3) is 0.533. The first-order valence-corrected chi connectivity index (χ1v) is 8.39. The molecule has 19 heavy (non-hydrogen) atoms. The van der Waals surface area contributed by atoms with E-state index >= 15 is 0 Å². The van der Waals surface area contributed by atoms with Gasteiger partial charge in [-0.15, -0.1) is 11.8 Å². The average Bonchev–Trinajstić information content (AvgIpc) is 2.83. The molecule has 104 valence electrons. The van der Waals surface area contributed by atoms with Crippen LogP contribution in [-0.4, -0.2) is 15.5 Å². The minimum absolute atomic E-state index is 0.0244. The smallest absolute Gasteiger partial charge is 0.240 e. The Morgan fingerprint density at radius 3 is 2.37 bits per heavy atom. The molecule has 0 heterocycles. The van der Waals surface area contributed by atoms with Crippen molar-refractivity contribution >= 4 is 39.3 Å². The van der Waals surface area contributed by atoms with Crippen molar-refractivity contribution < 1.29 is 4.79 Å². The standard InChI is InChI=1S/C15H20BrNOS/c1-15(2,16)14(18)17-11-7-9-13(10-8-11)19-12-5-3-4-6-12/h7-10,12H,3-6H2,1-2H3,(H,17,18). The second-order valence-corrected chi connectivity index (χ2v) is 8.83. The number of halogens is 1. The van der Waals surface area contributed by atoms with Gasteiger partial charge in [0.25, 0.3) is 0 Å². The van der Waals surface area contributed by atoms with Crippen LogP contribution in [0.1, 0.15) is 39.5 Å². The van der Waals surface area contributed by atoms with Crippen LogP contribution >= 0.6 is 27.7 Å². The molecule has 0 atom stereocenters. The third kappa shape index (κ3) is 4.53. The molecule has 2 rings (SSSR count). The molecular formula is C15H20BrNOS. The first kappa shape index (κ1) is 14.9. The Kier molecular flexibility index (Phi) is 4.96. The highest BCUT2D eigenvalue weighted by atomic mass is 79.9. The zero-order valence-electron chi connectivity index (χ0n) is 11.4. The topological polar surface area (TPSA) is 29.1 Å². The zero-order valence-corrected chi connectivity index (χ0v) is 13.8. The van der Waals surface area contributed by atoms with E-state index in [-0.39, 0.29) is 5.91 Å². The van der Waals surface area contributed by atoms with E-state index in [2.05, 4.69) is 33.4 Å². The lowest BCUT2D eigenvalue weighted by Crippen LogP contribution is -2.30. The normalized spacial score (nSPS) is 16.6. The summed E-state index contributed by atoms with van der Waals surface area (Å²) in [6.07, 6.45) is 5.40. The number of carbonyl (C=O) groups excluding carboxylic acids is 1. The van der Waals surface area contributed by atoms with Gasteiger partial charge in [0, 0.05) is 15.8 Å². The molecule has 1 aromatic rings. The fourth-order valence-corrected chi connectivity index (χ4v) is 3.44. The van der Waals surface area contributed by atoms with Gasteiger partial charge in [-0.05, 0) is 51.0 Å². The first-order valence-electron chi connectivity index (χ1n) is 6.72. The van der Waals surface area contributed by atoms with Crippen LogP contribution in [0, 0.1) is 0 Å². The number of hydrogen-bond acceptors (Lipinski definition) is 2. The Balaban J connectivity index is 1.92. The van der Waals surface area contributed by atoms with Crippen molar-refractivity contribution in [2.45, 2.75) is 54.0 Å². The molecule has 1 fully saturated rings. The van der Waals surface area contributed by atoms with E-state index in [4.69, 9.17) is 0 Å². The first-order chi connectivity index (χ1) is 8.95. The Morgan fingerprint density at radius 2 is 1.84 bits per heavy atom. The van der Waals surface area contributed by atoms with Gasteiger partial charge in [0.1, 0.15) is 0 Å². The van der Waals surface area contributed by atoms with Gasteiger partial charge < -0.3 is 5.32 Å². The van der Waals surface area contributed by atoms with Crippen LogP contribution in [0.4, 0.5) is 5.69 Å². The number of hydrogen-bond donors (Lipinski definition) is 1. The zero-order chi connectivity index (χ0) is 13.9. The molecule has 1 saturated carbocycles. The molecule has 0 bridgehead atoms. The molecule has 0 unspecified atom stereocenters. The van der Waals surface area contributed by atoms with Crippen molar-refractivity contribution in [1.82, 2.24) is 0 Å². The minimum atomic E-state index is -0.537. The molecule has 1 aliphatic rings. The van der Waals surface area contributed by atoms with Crippen LogP contribution in [0.2, 0.25) is 0 Å². The Morgan fingerprint density at radius 1 is 1.26 bits per heavy atom. The lowest BCUT2D eigenvalue weighted by atomic mass is 10.2. The highest BCUT2D eigenvalue weighted by Crippen LogP contribution is 2.35. The lowest BCUT2D eigenvalue weighted by Gasteiger charge is -2.16. The number of carbonyl (C=O) groups is 1. The van der Waals surface area contributed by atoms with Crippen LogP contribution in [0.15, 0.2) is 29.2 Å². The quantitative estimate of drug-likeness (QED) is 0.794. The fourth-order valence-electron chi connectivity index (χ4n) is 2.10. The number of amides is 1. The van der Waals surface area contributed by atoms with Crippen molar-refractivity contribution in [2.75, 3.05) is 5.32 Å². The lowest BCUT2D eigenvalue weighted by molar-refractivity contribution is -0.117. The number of thioether (sulfide) groups is 1. The second kappa shape index (κ2) is 6.31. The molecule has 4 heteroatoms. The van der Waals surface area contributed by atoms with Gasteiger partial charge in [-0.25, -0.2) is 0 Å². The largest absolute Gasteiger partial charge is 0.325 e. The summed E-state index contributed by atoms with van der Waals surface area (Å²) in [5.74, 6) is -0.0244. The molecule has 0 aliphatic heterocycles. The average molecular weight is 342 g/mol. The highest BCUT2D eigenvalue weighted by molar-refractivity contribution is 9.10. The van der Waals surface area contributed by atoms with Gasteiger partial charge in [-0.3, -0.25) is 4.79 Å². The van der Waals surface area contributed by atoms with E-state index in [1.807, 2.05) is 37.7 Å². The van der Waals surface area contributed by atoms with E-state index < -0.39 is 4.32 Å². The van der Waals surface area contributed by atoms with Crippen LogP contribution in [0.25, 0.3) is 0 Å². The van der Waals surface area contributed by atoms with E-state index in [1.165, 1.54) is 30.6 Å². The second-order valence-electron chi connectivity index (χ2n) is 5.48. The van der Waals surface area contributed by atoms with E-state index in [0.717, 1.165) is 10.9 Å². The van der Waals surface area contributed by atoms with Crippen LogP contribution in [0.3, 0.4) is 0 Å². The summed E-state index contributed by atoms with van der Waals surface area (Å²) in [6, 6.07) is 8.15. The molecule has 1 aromatic carbocycles. The third-order valence-corrected chi connectivity index (χ3v) is 4.97. The number of nitrogens with one attached hydrogen (secondary N) is 1. The van der Waals surface area contributed by atoms with Crippen LogP contribution in [0.5, 0.6) is 0 Å². The maximum atomic E-state index is 11.8. The predicted molar refractivity (Wildman–Crippen MR) is 86.2 cm³/mol. The maximum Gasteiger partial charge on any atom is 0.240 e. The molecular weight excluding hydrogens is 322 g/mol. The van der Waals surface area contributed by atoms with Gasteiger partial charge in [0.15, 0.2) is 0 Å². The Hall–Kier alpha value is -0.480. The monoisotopic (exact) mass is 341 g/mol. The SMILES string of the molecule is CC(C)(Br)C(=O)Nc1ccc(SC2CCCC2)cc1. The Bertz CT molecular complexity index is 432. The highest BCUT2D eigenvalue weighted by Gasteiger charge is 2.23. The summed E-state index contributed by atoms with van der Waals surface area (Å²) in [7, 11) is 0. The molecule has 0 spiro atoms. The maximum absolute atomic E-state index is 11.8. The predicted octanol–water partition coefficient (Wildman–Crippen LogP) is 4.83. The molecule has 2 nitrogen and oxygen atoms in total. The van der Waals surface area contributed by atoms with Gasteiger partial charge in [0.05, 0.1) is 4.32 Å². The van der Waals surface area contributed by atoms with Crippen molar-refractivity contribution in [3.05, 3.63) is 24.3 Å². The molecule has 1 N–H and O–H groups in total. The van der Waals surface area contributed by atoms with Gasteiger partial charge in [-0.2, -0.15) is 0 Å².